The number of methoxy groups -OCH3 is 1. The van der Waals surface area contributed by atoms with Crippen molar-refractivity contribution in [2.45, 2.75) is 6.92 Å². The highest BCUT2D eigenvalue weighted by atomic mass is 16.5. The molecule has 7 nitrogen and oxygen atoms in total. The minimum atomic E-state index is -0.189. The summed E-state index contributed by atoms with van der Waals surface area (Å²) in [6.07, 6.45) is 0. The van der Waals surface area contributed by atoms with Crippen molar-refractivity contribution in [3.8, 4) is 11.5 Å². The Kier molecular flexibility index (Phi) is 7.58. The Balaban J connectivity index is 1.34. The van der Waals surface area contributed by atoms with E-state index in [1.54, 1.807) is 7.11 Å². The minimum absolute atomic E-state index is 0.189. The fraction of sp³-hybridized carbons (Fsp3) is 0.409. The summed E-state index contributed by atoms with van der Waals surface area (Å²) in [6, 6.07) is 15.4. The number of carbonyl (C=O) groups is 1. The second kappa shape index (κ2) is 10.6. The van der Waals surface area contributed by atoms with E-state index in [0.717, 1.165) is 49.9 Å². The van der Waals surface area contributed by atoms with Crippen molar-refractivity contribution in [2.75, 3.05) is 63.2 Å². The molecule has 0 bridgehead atoms. The Hall–Kier alpha value is -2.93. The highest BCUT2D eigenvalue weighted by Gasteiger charge is 2.17. The number of hydrogen-bond donors (Lipinski definition) is 2. The van der Waals surface area contributed by atoms with Crippen molar-refractivity contribution >= 4 is 17.4 Å². The number of piperazine rings is 1. The summed E-state index contributed by atoms with van der Waals surface area (Å²) in [6.45, 7) is 7.94. The summed E-state index contributed by atoms with van der Waals surface area (Å²) in [4.78, 5) is 16.8. The van der Waals surface area contributed by atoms with Crippen LogP contribution in [0.3, 0.4) is 0 Å². The SMILES string of the molecule is CCOc1ccc(NC(=O)NCCN2CCN(c3ccc(OC)cc3)CC2)cc1. The molecule has 3 rings (SSSR count). The first-order valence-corrected chi connectivity index (χ1v) is 10.1. The van der Waals surface area contributed by atoms with Crippen molar-refractivity contribution in [1.82, 2.24) is 10.2 Å². The average Bonchev–Trinajstić information content (AvgIpc) is 2.76. The number of ether oxygens (including phenoxy) is 2. The molecule has 0 atom stereocenters. The highest BCUT2D eigenvalue weighted by Crippen LogP contribution is 2.20. The van der Waals surface area contributed by atoms with E-state index in [-0.39, 0.29) is 6.03 Å². The molecule has 1 heterocycles. The summed E-state index contributed by atoms with van der Waals surface area (Å²) in [5.41, 5.74) is 1.97. The van der Waals surface area contributed by atoms with E-state index in [4.69, 9.17) is 9.47 Å². The van der Waals surface area contributed by atoms with Gasteiger partial charge in [0, 0.05) is 50.6 Å². The van der Waals surface area contributed by atoms with Crippen molar-refractivity contribution in [2.24, 2.45) is 0 Å². The number of nitrogens with one attached hydrogen (secondary N) is 2. The Morgan fingerprint density at radius 1 is 0.966 bits per heavy atom. The number of urea groups is 1. The van der Waals surface area contributed by atoms with E-state index in [2.05, 4.69) is 32.6 Å². The summed E-state index contributed by atoms with van der Waals surface area (Å²) in [5, 5.41) is 5.77. The lowest BCUT2D eigenvalue weighted by Crippen LogP contribution is -2.48. The normalized spacial score (nSPS) is 14.3. The third-order valence-corrected chi connectivity index (χ3v) is 4.95. The predicted molar refractivity (Wildman–Crippen MR) is 116 cm³/mol. The molecule has 1 saturated heterocycles. The molecule has 1 aliphatic rings. The molecule has 29 heavy (non-hydrogen) atoms. The quantitative estimate of drug-likeness (QED) is 0.716. The lowest BCUT2D eigenvalue weighted by Gasteiger charge is -2.36. The van der Waals surface area contributed by atoms with Gasteiger partial charge in [0.2, 0.25) is 0 Å². The van der Waals surface area contributed by atoms with Crippen LogP contribution in [-0.4, -0.2) is 63.9 Å². The Bertz CT molecular complexity index is 757. The lowest BCUT2D eigenvalue weighted by molar-refractivity contribution is 0.240. The van der Waals surface area contributed by atoms with E-state index >= 15 is 0 Å². The molecule has 0 radical (unpaired) electrons. The molecule has 156 valence electrons. The summed E-state index contributed by atoms with van der Waals surface area (Å²) in [7, 11) is 1.68. The molecule has 7 heteroatoms. The second-order valence-electron chi connectivity index (χ2n) is 6.87. The molecule has 0 saturated carbocycles. The van der Waals surface area contributed by atoms with Crippen LogP contribution >= 0.6 is 0 Å². The van der Waals surface area contributed by atoms with Crippen molar-refractivity contribution < 1.29 is 14.3 Å². The van der Waals surface area contributed by atoms with Crippen LogP contribution in [0.15, 0.2) is 48.5 Å². The number of rotatable bonds is 8. The zero-order chi connectivity index (χ0) is 20.5. The van der Waals surface area contributed by atoms with Crippen LogP contribution in [0.1, 0.15) is 6.92 Å². The van der Waals surface area contributed by atoms with Gasteiger partial charge in [0.15, 0.2) is 0 Å². The predicted octanol–water partition coefficient (Wildman–Crippen LogP) is 3.04. The van der Waals surface area contributed by atoms with E-state index in [1.807, 2.05) is 43.3 Å². The average molecular weight is 399 g/mol. The topological polar surface area (TPSA) is 66.1 Å². The largest absolute Gasteiger partial charge is 0.497 e. The molecular weight excluding hydrogens is 368 g/mol. The van der Waals surface area contributed by atoms with Crippen LogP contribution in [0.4, 0.5) is 16.2 Å². The van der Waals surface area contributed by atoms with E-state index in [9.17, 15) is 4.79 Å². The van der Waals surface area contributed by atoms with Gasteiger partial charge in [0.25, 0.3) is 0 Å². The highest BCUT2D eigenvalue weighted by molar-refractivity contribution is 5.89. The number of benzene rings is 2. The summed E-state index contributed by atoms with van der Waals surface area (Å²) in [5.74, 6) is 1.68. The minimum Gasteiger partial charge on any atom is -0.497 e. The third-order valence-electron chi connectivity index (χ3n) is 4.95. The Morgan fingerprint density at radius 3 is 2.24 bits per heavy atom. The first kappa shape index (κ1) is 20.8. The lowest BCUT2D eigenvalue weighted by atomic mass is 10.2. The zero-order valence-corrected chi connectivity index (χ0v) is 17.2. The summed E-state index contributed by atoms with van der Waals surface area (Å²) >= 11 is 0. The van der Waals surface area contributed by atoms with Gasteiger partial charge in [-0.3, -0.25) is 4.90 Å². The fourth-order valence-electron chi connectivity index (χ4n) is 3.33. The van der Waals surface area contributed by atoms with Crippen LogP contribution < -0.4 is 25.0 Å². The van der Waals surface area contributed by atoms with Crippen LogP contribution in [-0.2, 0) is 0 Å². The van der Waals surface area contributed by atoms with Gasteiger partial charge in [-0.1, -0.05) is 0 Å². The van der Waals surface area contributed by atoms with Gasteiger partial charge in [-0.25, -0.2) is 4.79 Å². The first-order chi connectivity index (χ1) is 14.2. The van der Waals surface area contributed by atoms with Gasteiger partial charge in [-0.05, 0) is 55.5 Å². The van der Waals surface area contributed by atoms with Crippen molar-refractivity contribution in [3.63, 3.8) is 0 Å². The smallest absolute Gasteiger partial charge is 0.319 e. The molecule has 0 aromatic heterocycles. The summed E-state index contributed by atoms with van der Waals surface area (Å²) < 4.78 is 10.6. The number of amides is 2. The van der Waals surface area contributed by atoms with E-state index in [0.29, 0.717) is 13.2 Å². The fourth-order valence-corrected chi connectivity index (χ4v) is 3.33. The number of hydrogen-bond acceptors (Lipinski definition) is 5. The number of nitrogens with zero attached hydrogens (tertiary/aromatic N) is 2. The van der Waals surface area contributed by atoms with Gasteiger partial charge < -0.3 is 25.0 Å². The van der Waals surface area contributed by atoms with Gasteiger partial charge in [0.1, 0.15) is 11.5 Å². The maximum absolute atomic E-state index is 12.1. The molecule has 0 spiro atoms. The Morgan fingerprint density at radius 2 is 1.62 bits per heavy atom. The zero-order valence-electron chi connectivity index (χ0n) is 17.2. The van der Waals surface area contributed by atoms with E-state index < -0.39 is 0 Å². The molecule has 0 aliphatic carbocycles. The van der Waals surface area contributed by atoms with Crippen LogP contribution in [0.2, 0.25) is 0 Å². The molecule has 2 aromatic carbocycles. The molecule has 1 fully saturated rings. The monoisotopic (exact) mass is 398 g/mol. The van der Waals surface area contributed by atoms with Gasteiger partial charge >= 0.3 is 6.03 Å². The molecule has 2 aromatic rings. The Labute approximate surface area is 172 Å². The van der Waals surface area contributed by atoms with Gasteiger partial charge in [-0.15, -0.1) is 0 Å². The third kappa shape index (κ3) is 6.29. The number of anilines is 2. The van der Waals surface area contributed by atoms with Crippen LogP contribution in [0, 0.1) is 0 Å². The molecule has 2 N–H and O–H groups in total. The standard InChI is InChI=1S/C22H30N4O3/c1-3-29-21-8-4-18(5-9-21)24-22(27)23-12-13-25-14-16-26(17-15-25)19-6-10-20(28-2)11-7-19/h4-11H,3,12-17H2,1-2H3,(H2,23,24,27). The van der Waals surface area contributed by atoms with Gasteiger partial charge in [-0.2, -0.15) is 0 Å². The molecule has 2 amide bonds. The van der Waals surface area contributed by atoms with Crippen LogP contribution in [0.5, 0.6) is 11.5 Å². The molecule has 1 aliphatic heterocycles. The van der Waals surface area contributed by atoms with Crippen molar-refractivity contribution in [1.29, 1.82) is 0 Å². The molecular formula is C22H30N4O3. The maximum Gasteiger partial charge on any atom is 0.319 e. The van der Waals surface area contributed by atoms with Gasteiger partial charge in [0.05, 0.1) is 13.7 Å². The maximum atomic E-state index is 12.1. The second-order valence-corrected chi connectivity index (χ2v) is 6.87. The van der Waals surface area contributed by atoms with Crippen LogP contribution in [0.25, 0.3) is 0 Å². The number of carbonyl (C=O) groups excluding carboxylic acids is 1. The molecule has 0 unspecified atom stereocenters. The van der Waals surface area contributed by atoms with E-state index in [1.165, 1.54) is 5.69 Å². The first-order valence-electron chi connectivity index (χ1n) is 10.1. The van der Waals surface area contributed by atoms with Crippen molar-refractivity contribution in [3.05, 3.63) is 48.5 Å².